The van der Waals surface area contributed by atoms with E-state index >= 15 is 0 Å². The molecule has 0 atom stereocenters. The van der Waals surface area contributed by atoms with E-state index in [1.165, 1.54) is 53.8 Å². The Labute approximate surface area is 326 Å². The molecular formula is C52H34O2P2. The van der Waals surface area contributed by atoms with Crippen molar-refractivity contribution in [2.45, 2.75) is 0 Å². The van der Waals surface area contributed by atoms with E-state index in [4.69, 9.17) is 8.39 Å². The van der Waals surface area contributed by atoms with Crippen molar-refractivity contribution < 1.29 is 8.39 Å². The van der Waals surface area contributed by atoms with Gasteiger partial charge in [0.15, 0.2) is 0 Å². The summed E-state index contributed by atoms with van der Waals surface area (Å²) in [5.41, 5.74) is 4.05. The summed E-state index contributed by atoms with van der Waals surface area (Å²) in [6.45, 7) is 0. The molecule has 0 bridgehead atoms. The molecule has 0 aliphatic rings. The zero-order chi connectivity index (χ0) is 37.0. The SMILES string of the molecule is c1ccc(P(c2ccccc2)c2ccc3ccccc3c2-c2c(-p3oc4ccc5ccccc5c4c4c(ccc5ccccc54)o3)ccc3ccccc23)cc1. The molecule has 0 N–H and O–H groups in total. The van der Waals surface area contributed by atoms with Gasteiger partial charge in [0.1, 0.15) is 11.2 Å². The second kappa shape index (κ2) is 13.7. The molecule has 56 heavy (non-hydrogen) atoms. The molecule has 0 amide bonds. The van der Waals surface area contributed by atoms with Crippen LogP contribution in [-0.4, -0.2) is 0 Å². The van der Waals surface area contributed by atoms with E-state index in [0.717, 1.165) is 43.6 Å². The van der Waals surface area contributed by atoms with Gasteiger partial charge in [-0.2, -0.15) is 0 Å². The van der Waals surface area contributed by atoms with Gasteiger partial charge in [-0.3, -0.25) is 0 Å². The van der Waals surface area contributed by atoms with E-state index in [1.54, 1.807) is 0 Å². The van der Waals surface area contributed by atoms with Gasteiger partial charge in [-0.05, 0) is 90.7 Å². The average molecular weight is 753 g/mol. The molecule has 10 aromatic carbocycles. The van der Waals surface area contributed by atoms with Crippen molar-refractivity contribution >= 4 is 96.9 Å². The van der Waals surface area contributed by atoms with Crippen LogP contribution in [-0.2, 0) is 0 Å². The van der Waals surface area contributed by atoms with Crippen molar-refractivity contribution in [3.8, 4) is 16.4 Å². The molecule has 0 saturated carbocycles. The van der Waals surface area contributed by atoms with Crippen molar-refractivity contribution in [2.24, 2.45) is 0 Å². The molecule has 0 aliphatic carbocycles. The van der Waals surface area contributed by atoms with Crippen LogP contribution >= 0.6 is 15.9 Å². The van der Waals surface area contributed by atoms with Crippen molar-refractivity contribution in [1.29, 1.82) is 0 Å². The molecule has 0 fully saturated rings. The highest BCUT2D eigenvalue weighted by Crippen LogP contribution is 2.53. The first-order valence-corrected chi connectivity index (χ1v) is 21.5. The van der Waals surface area contributed by atoms with Crippen molar-refractivity contribution in [2.75, 3.05) is 0 Å². The molecule has 0 radical (unpaired) electrons. The van der Waals surface area contributed by atoms with Crippen molar-refractivity contribution in [3.05, 3.63) is 206 Å². The smallest absolute Gasteiger partial charge is 0.253 e. The topological polar surface area (TPSA) is 26.3 Å². The van der Waals surface area contributed by atoms with Gasteiger partial charge in [0.05, 0.1) is 5.30 Å². The van der Waals surface area contributed by atoms with Gasteiger partial charge in [-0.15, -0.1) is 0 Å². The highest BCUT2D eigenvalue weighted by molar-refractivity contribution is 7.80. The Kier molecular flexibility index (Phi) is 8.06. The predicted molar refractivity (Wildman–Crippen MR) is 242 cm³/mol. The highest BCUT2D eigenvalue weighted by atomic mass is 31.1. The number of rotatable bonds is 5. The normalized spacial score (nSPS) is 11.7. The first-order chi connectivity index (χ1) is 27.8. The zero-order valence-corrected chi connectivity index (χ0v) is 32.1. The van der Waals surface area contributed by atoms with Crippen LogP contribution < -0.4 is 15.9 Å². The van der Waals surface area contributed by atoms with E-state index in [-0.39, 0.29) is 0 Å². The van der Waals surface area contributed by atoms with Crippen LogP contribution in [0.3, 0.4) is 0 Å². The molecule has 11 rings (SSSR count). The summed E-state index contributed by atoms with van der Waals surface area (Å²) in [5.74, 6) is 0. The van der Waals surface area contributed by atoms with Crippen LogP contribution in [0.15, 0.2) is 215 Å². The van der Waals surface area contributed by atoms with Crippen molar-refractivity contribution in [1.82, 2.24) is 0 Å². The third-order valence-electron chi connectivity index (χ3n) is 10.9. The second-order valence-corrected chi connectivity index (χ2v) is 17.7. The first kappa shape index (κ1) is 33.0. The van der Waals surface area contributed by atoms with Gasteiger partial charge in [0.25, 0.3) is 8.01 Å². The molecule has 1 aromatic heterocycles. The van der Waals surface area contributed by atoms with Crippen LogP contribution in [0.2, 0.25) is 0 Å². The molecule has 11 aromatic rings. The summed E-state index contributed by atoms with van der Waals surface area (Å²) in [5, 5.41) is 16.5. The van der Waals surface area contributed by atoms with Gasteiger partial charge in [0, 0.05) is 16.3 Å². The number of fused-ring (bicyclic) bond motifs is 9. The maximum atomic E-state index is 7.32. The van der Waals surface area contributed by atoms with E-state index < -0.39 is 15.9 Å². The monoisotopic (exact) mass is 752 g/mol. The Morgan fingerprint density at radius 1 is 0.321 bits per heavy atom. The van der Waals surface area contributed by atoms with E-state index in [0.29, 0.717) is 0 Å². The fourth-order valence-corrected chi connectivity index (χ4v) is 12.4. The summed E-state index contributed by atoms with van der Waals surface area (Å²) in [4.78, 5) is 0. The van der Waals surface area contributed by atoms with Gasteiger partial charge in [-0.25, -0.2) is 0 Å². The fourth-order valence-electron chi connectivity index (χ4n) is 8.43. The lowest BCUT2D eigenvalue weighted by atomic mass is 9.93. The van der Waals surface area contributed by atoms with Gasteiger partial charge >= 0.3 is 0 Å². The minimum Gasteiger partial charge on any atom is -0.416 e. The standard InChI is InChI=1S/C52H34O2P2/c1-3-19-39(20-4-1)55(40-21-5-2-6-22-40)47-33-29-37-17-9-13-25-43(37)51(47)52-44-26-14-10-18-38(44)30-34-48(52)56-53-45-31-27-35-15-7-11-23-41(35)49(45)50-42-24-12-8-16-36(42)28-32-46(50)54-56/h1-34H. The Bertz CT molecular complexity index is 3180. The fraction of sp³-hybridized carbons (Fsp3) is 0. The molecule has 4 heteroatoms. The van der Waals surface area contributed by atoms with Crippen molar-refractivity contribution in [3.63, 3.8) is 0 Å². The lowest BCUT2D eigenvalue weighted by molar-refractivity contribution is 0.651. The number of benzene rings is 10. The van der Waals surface area contributed by atoms with Crippen LogP contribution in [0.4, 0.5) is 0 Å². The first-order valence-electron chi connectivity index (χ1n) is 18.9. The molecule has 0 saturated heterocycles. The minimum atomic E-state index is -1.68. The van der Waals surface area contributed by atoms with Crippen LogP contribution in [0.5, 0.6) is 0 Å². The van der Waals surface area contributed by atoms with E-state index in [2.05, 4.69) is 206 Å². The van der Waals surface area contributed by atoms with Gasteiger partial charge in [0.2, 0.25) is 0 Å². The van der Waals surface area contributed by atoms with E-state index in [9.17, 15) is 0 Å². The summed E-state index contributed by atoms with van der Waals surface area (Å²) >= 11 is 0. The minimum absolute atomic E-state index is 0.831. The van der Waals surface area contributed by atoms with Crippen LogP contribution in [0.1, 0.15) is 0 Å². The summed E-state index contributed by atoms with van der Waals surface area (Å²) in [6, 6.07) is 74.6. The van der Waals surface area contributed by atoms with Crippen LogP contribution in [0.25, 0.3) is 81.5 Å². The molecule has 0 unspecified atom stereocenters. The van der Waals surface area contributed by atoms with Gasteiger partial charge in [-0.1, -0.05) is 188 Å². The van der Waals surface area contributed by atoms with E-state index in [1.807, 2.05) is 0 Å². The molecule has 2 nitrogen and oxygen atoms in total. The summed E-state index contributed by atoms with van der Waals surface area (Å²) < 4.78 is 14.6. The number of hydrogen-bond acceptors (Lipinski definition) is 2. The Morgan fingerprint density at radius 2 is 0.714 bits per heavy atom. The maximum Gasteiger partial charge on any atom is 0.253 e. The maximum absolute atomic E-state index is 7.32. The largest absolute Gasteiger partial charge is 0.416 e. The summed E-state index contributed by atoms with van der Waals surface area (Å²) in [6.07, 6.45) is 0. The van der Waals surface area contributed by atoms with Gasteiger partial charge < -0.3 is 8.39 Å². The Morgan fingerprint density at radius 3 is 1.23 bits per heavy atom. The molecule has 0 spiro atoms. The highest BCUT2D eigenvalue weighted by Gasteiger charge is 2.26. The Balaban J connectivity index is 1.31. The lowest BCUT2D eigenvalue weighted by Crippen LogP contribution is -2.22. The molecule has 0 aliphatic heterocycles. The lowest BCUT2D eigenvalue weighted by Gasteiger charge is -2.25. The third-order valence-corrected chi connectivity index (χ3v) is 14.9. The average Bonchev–Trinajstić information content (AvgIpc) is 3.44. The predicted octanol–water partition coefficient (Wildman–Crippen LogP) is 14.3. The molecule has 264 valence electrons. The quantitative estimate of drug-likeness (QED) is 0.164. The van der Waals surface area contributed by atoms with Crippen LogP contribution in [0, 0.1) is 0 Å². The Hall–Kier alpha value is -6.43. The molecule has 1 heterocycles. The number of hydrogen-bond donors (Lipinski definition) is 0. The summed E-state index contributed by atoms with van der Waals surface area (Å²) in [7, 11) is -2.64. The molecular weight excluding hydrogens is 719 g/mol. The second-order valence-electron chi connectivity index (χ2n) is 14.1. The third kappa shape index (κ3) is 5.45. The zero-order valence-electron chi connectivity index (χ0n) is 30.3.